The molecule has 4 aromatic rings. The molecule has 4 heterocycles. The summed E-state index contributed by atoms with van der Waals surface area (Å²) in [6.45, 7) is 3.39. The van der Waals surface area contributed by atoms with Crippen molar-refractivity contribution in [3.8, 4) is 16.9 Å². The molecule has 0 unspecified atom stereocenters. The third kappa shape index (κ3) is 2.61. The van der Waals surface area contributed by atoms with Crippen molar-refractivity contribution in [2.24, 2.45) is 7.05 Å². The zero-order valence-electron chi connectivity index (χ0n) is 15.2. The number of rotatable bonds is 4. The second-order valence-corrected chi connectivity index (χ2v) is 6.67. The van der Waals surface area contributed by atoms with Gasteiger partial charge in [0.1, 0.15) is 12.1 Å². The summed E-state index contributed by atoms with van der Waals surface area (Å²) < 4.78 is 9.32. The van der Waals surface area contributed by atoms with E-state index >= 15 is 0 Å². The Bertz CT molecular complexity index is 1140. The van der Waals surface area contributed by atoms with E-state index in [1.807, 2.05) is 42.9 Å². The third-order valence-electron chi connectivity index (χ3n) is 4.91. The van der Waals surface area contributed by atoms with Gasteiger partial charge in [-0.1, -0.05) is 12.1 Å². The molecule has 0 spiro atoms. The van der Waals surface area contributed by atoms with E-state index < -0.39 is 0 Å². The molecule has 0 bridgehead atoms. The molecule has 0 saturated heterocycles. The third-order valence-corrected chi connectivity index (χ3v) is 4.91. The van der Waals surface area contributed by atoms with Gasteiger partial charge in [-0.25, -0.2) is 4.98 Å². The Morgan fingerprint density at radius 1 is 1.26 bits per heavy atom. The first-order valence-electron chi connectivity index (χ1n) is 8.87. The maximum Gasteiger partial charge on any atom is 0.210 e. The summed E-state index contributed by atoms with van der Waals surface area (Å²) in [5.41, 5.74) is 6.10. The topological polar surface area (TPSA) is 82.2 Å². The van der Waals surface area contributed by atoms with Crippen molar-refractivity contribution >= 4 is 11.6 Å². The van der Waals surface area contributed by atoms with E-state index in [2.05, 4.69) is 31.7 Å². The summed E-state index contributed by atoms with van der Waals surface area (Å²) in [5.74, 6) is 1.69. The molecular formula is C19H19N7O. The average Bonchev–Trinajstić information content (AvgIpc) is 3.39. The predicted molar refractivity (Wildman–Crippen MR) is 101 cm³/mol. The Morgan fingerprint density at radius 2 is 2.19 bits per heavy atom. The second-order valence-electron chi connectivity index (χ2n) is 6.67. The molecule has 1 N–H and O–H groups in total. The number of fused-ring (bicyclic) bond motifs is 2. The fourth-order valence-corrected chi connectivity index (χ4v) is 3.64. The van der Waals surface area contributed by atoms with Gasteiger partial charge in [-0.15, -0.1) is 10.2 Å². The molecule has 0 atom stereocenters. The number of aryl methyl sites for hydroxylation is 2. The second kappa shape index (κ2) is 6.08. The molecule has 3 aromatic heterocycles. The minimum absolute atomic E-state index is 0.665. The van der Waals surface area contributed by atoms with Crippen LogP contribution in [0.2, 0.25) is 0 Å². The number of nitrogens with zero attached hydrogens (tertiary/aromatic N) is 6. The number of anilines is 1. The Hall–Kier alpha value is -3.42. The van der Waals surface area contributed by atoms with Crippen molar-refractivity contribution in [2.75, 3.05) is 11.9 Å². The highest BCUT2D eigenvalue weighted by Gasteiger charge is 2.17. The fourth-order valence-electron chi connectivity index (χ4n) is 3.64. The molecule has 1 aliphatic rings. The van der Waals surface area contributed by atoms with Crippen LogP contribution < -0.4 is 10.1 Å². The summed E-state index contributed by atoms with van der Waals surface area (Å²) in [6, 6.07) is 6.17. The summed E-state index contributed by atoms with van der Waals surface area (Å²) >= 11 is 0. The van der Waals surface area contributed by atoms with Gasteiger partial charge >= 0.3 is 0 Å². The molecule has 0 radical (unpaired) electrons. The average molecular weight is 361 g/mol. The van der Waals surface area contributed by atoms with Crippen molar-refractivity contribution in [3.63, 3.8) is 0 Å². The van der Waals surface area contributed by atoms with Gasteiger partial charge < -0.3 is 10.1 Å². The molecule has 8 nitrogen and oxygen atoms in total. The summed E-state index contributed by atoms with van der Waals surface area (Å²) in [5, 5.41) is 16.2. The summed E-state index contributed by atoms with van der Waals surface area (Å²) in [6.07, 6.45) is 6.43. The lowest BCUT2D eigenvalue weighted by Crippen LogP contribution is -2.08. The Morgan fingerprint density at radius 3 is 3.04 bits per heavy atom. The van der Waals surface area contributed by atoms with Crippen LogP contribution in [0.3, 0.4) is 0 Å². The first-order chi connectivity index (χ1) is 13.2. The van der Waals surface area contributed by atoms with Crippen molar-refractivity contribution in [3.05, 3.63) is 53.7 Å². The van der Waals surface area contributed by atoms with Gasteiger partial charge in [-0.05, 0) is 18.6 Å². The zero-order chi connectivity index (χ0) is 18.4. The van der Waals surface area contributed by atoms with Crippen LogP contribution in [-0.4, -0.2) is 36.0 Å². The lowest BCUT2D eigenvalue weighted by molar-refractivity contribution is 0.357. The predicted octanol–water partition coefficient (Wildman–Crippen LogP) is 2.38. The van der Waals surface area contributed by atoms with Gasteiger partial charge in [0.2, 0.25) is 5.95 Å². The maximum atomic E-state index is 5.65. The number of aromatic nitrogens is 6. The fraction of sp³-hybridized carbons (Fsp3) is 0.263. The monoisotopic (exact) mass is 361 g/mol. The smallest absolute Gasteiger partial charge is 0.210 e. The van der Waals surface area contributed by atoms with Crippen LogP contribution in [0.15, 0.2) is 36.9 Å². The maximum absolute atomic E-state index is 5.65. The number of hydrogen-bond acceptors (Lipinski definition) is 6. The quantitative estimate of drug-likeness (QED) is 0.601. The molecule has 0 fully saturated rings. The minimum Gasteiger partial charge on any atom is -0.493 e. The minimum atomic E-state index is 0.665. The van der Waals surface area contributed by atoms with Crippen LogP contribution >= 0.6 is 0 Å². The number of nitrogens with one attached hydrogen (secondary N) is 1. The molecule has 0 aliphatic carbocycles. The number of hydrogen-bond donors (Lipinski definition) is 1. The van der Waals surface area contributed by atoms with Gasteiger partial charge in [-0.2, -0.15) is 5.10 Å². The van der Waals surface area contributed by atoms with Crippen LogP contribution in [0, 0.1) is 6.92 Å². The van der Waals surface area contributed by atoms with E-state index in [9.17, 15) is 0 Å². The molecule has 5 rings (SSSR count). The van der Waals surface area contributed by atoms with E-state index in [0.717, 1.165) is 41.2 Å². The van der Waals surface area contributed by atoms with Gasteiger partial charge in [0.25, 0.3) is 0 Å². The molecule has 136 valence electrons. The molecule has 1 aliphatic heterocycles. The highest BCUT2D eigenvalue weighted by Crippen LogP contribution is 2.29. The zero-order valence-corrected chi connectivity index (χ0v) is 15.2. The van der Waals surface area contributed by atoms with Gasteiger partial charge in [0, 0.05) is 49.1 Å². The van der Waals surface area contributed by atoms with E-state index in [0.29, 0.717) is 12.5 Å². The molecule has 0 amide bonds. The van der Waals surface area contributed by atoms with Gasteiger partial charge in [0.15, 0.2) is 5.65 Å². The Labute approximate surface area is 155 Å². The molecule has 8 heteroatoms. The first kappa shape index (κ1) is 15.8. The van der Waals surface area contributed by atoms with Crippen molar-refractivity contribution in [1.82, 2.24) is 29.4 Å². The van der Waals surface area contributed by atoms with E-state index in [-0.39, 0.29) is 0 Å². The van der Waals surface area contributed by atoms with Crippen LogP contribution in [0.5, 0.6) is 5.75 Å². The first-order valence-corrected chi connectivity index (χ1v) is 8.87. The molecule has 0 saturated carbocycles. The van der Waals surface area contributed by atoms with Crippen LogP contribution in [0.4, 0.5) is 5.95 Å². The number of benzene rings is 1. The van der Waals surface area contributed by atoms with Crippen molar-refractivity contribution in [2.45, 2.75) is 19.9 Å². The highest BCUT2D eigenvalue weighted by molar-refractivity contribution is 5.78. The van der Waals surface area contributed by atoms with Crippen molar-refractivity contribution < 1.29 is 4.74 Å². The van der Waals surface area contributed by atoms with E-state index in [4.69, 9.17) is 4.74 Å². The SMILES string of the molecule is Cc1nn(C)cc1-c1cnc(NCc2cccc3c2CCO3)n2cnnc12. The lowest BCUT2D eigenvalue weighted by atomic mass is 10.1. The molecule has 1 aromatic carbocycles. The van der Waals surface area contributed by atoms with E-state index in [1.54, 1.807) is 11.0 Å². The summed E-state index contributed by atoms with van der Waals surface area (Å²) in [7, 11) is 1.91. The van der Waals surface area contributed by atoms with Crippen LogP contribution in [0.25, 0.3) is 16.8 Å². The van der Waals surface area contributed by atoms with Crippen LogP contribution in [0.1, 0.15) is 16.8 Å². The molecular weight excluding hydrogens is 342 g/mol. The standard InChI is InChI=1S/C19H19N7O/c1-12-16(10-25(2)24-12)15-9-21-19(26-11-22-23-18(15)26)20-8-13-4-3-5-17-14(13)6-7-27-17/h3-5,9-11H,6-8H2,1-2H3,(H,20,21). The molecule has 27 heavy (non-hydrogen) atoms. The van der Waals surface area contributed by atoms with Gasteiger partial charge in [-0.3, -0.25) is 9.08 Å². The van der Waals surface area contributed by atoms with E-state index in [1.165, 1.54) is 11.1 Å². The highest BCUT2D eigenvalue weighted by atomic mass is 16.5. The normalized spacial score (nSPS) is 13.0. The lowest BCUT2D eigenvalue weighted by Gasteiger charge is -2.11. The van der Waals surface area contributed by atoms with Gasteiger partial charge in [0.05, 0.1) is 12.3 Å². The van der Waals surface area contributed by atoms with Crippen molar-refractivity contribution in [1.29, 1.82) is 0 Å². The largest absolute Gasteiger partial charge is 0.493 e. The number of ether oxygens (including phenoxy) is 1. The Kier molecular flexibility index (Phi) is 3.56. The van der Waals surface area contributed by atoms with Crippen LogP contribution in [-0.2, 0) is 20.0 Å². The Balaban J connectivity index is 1.49. The summed E-state index contributed by atoms with van der Waals surface area (Å²) in [4.78, 5) is 4.62.